The lowest BCUT2D eigenvalue weighted by Gasteiger charge is -2.03. The maximum atomic E-state index is 11.7. The van der Waals surface area contributed by atoms with Gasteiger partial charge in [0, 0.05) is 11.4 Å². The van der Waals surface area contributed by atoms with E-state index in [1.807, 2.05) is 0 Å². The van der Waals surface area contributed by atoms with Gasteiger partial charge in [-0.2, -0.15) is 8.78 Å². The molecule has 0 radical (unpaired) electrons. The molecule has 0 atom stereocenters. The molecule has 0 saturated carbocycles. The highest BCUT2D eigenvalue weighted by molar-refractivity contribution is 9.08. The van der Waals surface area contributed by atoms with Crippen LogP contribution in [0.5, 0.6) is 5.88 Å². The van der Waals surface area contributed by atoms with Crippen LogP contribution < -0.4 is 4.74 Å². The maximum Gasteiger partial charge on any atom is 0.388 e. The Morgan fingerprint density at radius 2 is 2.25 bits per heavy atom. The Labute approximate surface area is 76.7 Å². The van der Waals surface area contributed by atoms with E-state index in [0.717, 1.165) is 0 Å². The first kappa shape index (κ1) is 9.38. The number of aromatic nitrogens is 1. The molecule has 5 heteroatoms. The second-order valence-corrected chi connectivity index (χ2v) is 2.54. The van der Waals surface area contributed by atoms with Gasteiger partial charge in [0.2, 0.25) is 5.88 Å². The molecule has 0 unspecified atom stereocenters. The summed E-state index contributed by atoms with van der Waals surface area (Å²) in [5.41, 5.74) is 0.660. The van der Waals surface area contributed by atoms with E-state index in [4.69, 9.17) is 0 Å². The Balaban J connectivity index is 2.72. The highest BCUT2D eigenvalue weighted by atomic mass is 79.9. The smallest absolute Gasteiger partial charge is 0.388 e. The lowest BCUT2D eigenvalue weighted by molar-refractivity contribution is -0.0529. The van der Waals surface area contributed by atoms with E-state index < -0.39 is 6.61 Å². The van der Waals surface area contributed by atoms with Gasteiger partial charge >= 0.3 is 6.61 Å². The lowest BCUT2D eigenvalue weighted by atomic mass is 10.4. The summed E-state index contributed by atoms with van der Waals surface area (Å²) in [4.78, 5) is 3.78. The largest absolute Gasteiger partial charge is 0.417 e. The first-order valence-electron chi connectivity index (χ1n) is 3.19. The summed E-state index contributed by atoms with van der Waals surface area (Å²) in [7, 11) is 0. The molecule has 66 valence electrons. The van der Waals surface area contributed by atoms with Gasteiger partial charge in [0.25, 0.3) is 0 Å². The van der Waals surface area contributed by atoms with Gasteiger partial charge in [0.05, 0.1) is 5.69 Å². The Morgan fingerprint density at radius 3 is 2.83 bits per heavy atom. The van der Waals surface area contributed by atoms with Gasteiger partial charge in [0.1, 0.15) is 0 Å². The van der Waals surface area contributed by atoms with Crippen molar-refractivity contribution in [1.82, 2.24) is 4.98 Å². The minimum atomic E-state index is -2.82. The molecule has 0 fully saturated rings. The van der Waals surface area contributed by atoms with Gasteiger partial charge in [0.15, 0.2) is 0 Å². The summed E-state index contributed by atoms with van der Waals surface area (Å²) in [5.74, 6) is -0.0537. The molecule has 0 bridgehead atoms. The zero-order valence-electron chi connectivity index (χ0n) is 6.01. The molecule has 1 rings (SSSR count). The Kier molecular flexibility index (Phi) is 3.40. The average Bonchev–Trinajstić information content (AvgIpc) is 2.03. The van der Waals surface area contributed by atoms with Crippen LogP contribution in [0.4, 0.5) is 8.78 Å². The summed E-state index contributed by atoms with van der Waals surface area (Å²) in [6.45, 7) is -2.82. The molecule has 0 aromatic carbocycles. The molecule has 0 aliphatic heterocycles. The molecule has 0 spiro atoms. The van der Waals surface area contributed by atoms with Crippen molar-refractivity contribution in [3.05, 3.63) is 23.9 Å². The van der Waals surface area contributed by atoms with Gasteiger partial charge in [-0.25, -0.2) is 4.98 Å². The molecule has 0 aliphatic rings. The molecular weight excluding hydrogens is 232 g/mol. The zero-order valence-corrected chi connectivity index (χ0v) is 7.59. The first-order valence-corrected chi connectivity index (χ1v) is 4.31. The summed E-state index contributed by atoms with van der Waals surface area (Å²) >= 11 is 3.15. The van der Waals surface area contributed by atoms with Crippen LogP contribution in [0, 0.1) is 0 Å². The molecular formula is C7H6BrF2NO. The van der Waals surface area contributed by atoms with Crippen molar-refractivity contribution >= 4 is 15.9 Å². The fourth-order valence-corrected chi connectivity index (χ4v) is 1.00. The molecule has 1 aromatic heterocycles. The summed E-state index contributed by atoms with van der Waals surface area (Å²) in [6.07, 6.45) is 0. The molecule has 1 aromatic rings. The minimum absolute atomic E-state index is 0.0537. The van der Waals surface area contributed by atoms with Gasteiger partial charge < -0.3 is 4.74 Å². The monoisotopic (exact) mass is 237 g/mol. The summed E-state index contributed by atoms with van der Waals surface area (Å²) < 4.78 is 27.5. The van der Waals surface area contributed by atoms with Gasteiger partial charge in [-0.05, 0) is 6.07 Å². The number of alkyl halides is 3. The topological polar surface area (TPSA) is 22.1 Å². The molecule has 2 nitrogen and oxygen atoms in total. The normalized spacial score (nSPS) is 10.3. The predicted molar refractivity (Wildman–Crippen MR) is 43.5 cm³/mol. The van der Waals surface area contributed by atoms with Crippen molar-refractivity contribution in [1.29, 1.82) is 0 Å². The van der Waals surface area contributed by atoms with E-state index in [2.05, 4.69) is 25.7 Å². The van der Waals surface area contributed by atoms with Crippen molar-refractivity contribution in [2.75, 3.05) is 0 Å². The Morgan fingerprint density at radius 1 is 1.50 bits per heavy atom. The number of halogens is 3. The number of nitrogens with zero attached hydrogens (tertiary/aromatic N) is 1. The fourth-order valence-electron chi connectivity index (χ4n) is 0.689. The van der Waals surface area contributed by atoms with E-state index in [9.17, 15) is 8.78 Å². The average molecular weight is 238 g/mol. The van der Waals surface area contributed by atoms with Crippen molar-refractivity contribution in [3.8, 4) is 5.88 Å². The first-order chi connectivity index (χ1) is 5.72. The van der Waals surface area contributed by atoms with Crippen LogP contribution in [-0.2, 0) is 5.33 Å². The van der Waals surface area contributed by atoms with E-state index in [0.29, 0.717) is 11.0 Å². The molecule has 1 heterocycles. The van der Waals surface area contributed by atoms with Crippen LogP contribution in [0.25, 0.3) is 0 Å². The third-order valence-corrected chi connectivity index (χ3v) is 1.70. The maximum absolute atomic E-state index is 11.7. The van der Waals surface area contributed by atoms with Gasteiger partial charge in [-0.1, -0.05) is 22.0 Å². The number of hydrogen-bond donors (Lipinski definition) is 0. The fraction of sp³-hybridized carbons (Fsp3) is 0.286. The zero-order chi connectivity index (χ0) is 8.97. The second kappa shape index (κ2) is 4.35. The van der Waals surface area contributed by atoms with E-state index in [1.165, 1.54) is 6.07 Å². The Hall–Kier alpha value is -0.710. The highest BCUT2D eigenvalue weighted by Crippen LogP contribution is 2.12. The number of pyridine rings is 1. The minimum Gasteiger partial charge on any atom is -0.417 e. The molecule has 0 amide bonds. The standard InChI is InChI=1S/C7H6BrF2NO/c8-4-5-2-1-3-6(11-5)12-7(9)10/h1-3,7H,4H2. The summed E-state index contributed by atoms with van der Waals surface area (Å²) in [6, 6.07) is 4.71. The van der Waals surface area contributed by atoms with E-state index >= 15 is 0 Å². The van der Waals surface area contributed by atoms with Crippen LogP contribution >= 0.6 is 15.9 Å². The SMILES string of the molecule is FC(F)Oc1cccc(CBr)n1. The quantitative estimate of drug-likeness (QED) is 0.755. The Bertz CT molecular complexity index is 257. The van der Waals surface area contributed by atoms with Crippen LogP contribution in [0.2, 0.25) is 0 Å². The van der Waals surface area contributed by atoms with Crippen LogP contribution in [0.1, 0.15) is 5.69 Å². The molecule has 12 heavy (non-hydrogen) atoms. The number of hydrogen-bond acceptors (Lipinski definition) is 2. The number of ether oxygens (including phenoxy) is 1. The van der Waals surface area contributed by atoms with Crippen LogP contribution in [0.3, 0.4) is 0 Å². The van der Waals surface area contributed by atoms with Gasteiger partial charge in [-0.3, -0.25) is 0 Å². The molecule has 0 N–H and O–H groups in total. The third-order valence-electron chi connectivity index (χ3n) is 1.13. The van der Waals surface area contributed by atoms with Crippen molar-refractivity contribution in [2.45, 2.75) is 11.9 Å². The third kappa shape index (κ3) is 2.73. The van der Waals surface area contributed by atoms with Crippen molar-refractivity contribution in [3.63, 3.8) is 0 Å². The molecule has 0 saturated heterocycles. The van der Waals surface area contributed by atoms with Crippen molar-refractivity contribution in [2.24, 2.45) is 0 Å². The predicted octanol–water partition coefficient (Wildman–Crippen LogP) is 2.58. The lowest BCUT2D eigenvalue weighted by Crippen LogP contribution is -2.03. The summed E-state index contributed by atoms with van der Waals surface area (Å²) in [5, 5.41) is 0.521. The van der Waals surface area contributed by atoms with E-state index in [1.54, 1.807) is 12.1 Å². The van der Waals surface area contributed by atoms with Crippen LogP contribution in [0.15, 0.2) is 18.2 Å². The number of rotatable bonds is 3. The molecule has 0 aliphatic carbocycles. The van der Waals surface area contributed by atoms with Crippen LogP contribution in [-0.4, -0.2) is 11.6 Å². The van der Waals surface area contributed by atoms with Crippen molar-refractivity contribution < 1.29 is 13.5 Å². The van der Waals surface area contributed by atoms with Gasteiger partial charge in [-0.15, -0.1) is 0 Å². The van der Waals surface area contributed by atoms with E-state index in [-0.39, 0.29) is 5.88 Å². The second-order valence-electron chi connectivity index (χ2n) is 1.98. The highest BCUT2D eigenvalue weighted by Gasteiger charge is 2.04.